The molecule has 230 valence electrons. The number of halogens is 3. The van der Waals surface area contributed by atoms with Gasteiger partial charge in [0.15, 0.2) is 0 Å². The maximum absolute atomic E-state index is 13.9. The number of nitrogens with zero attached hydrogens (tertiary/aromatic N) is 4. The van der Waals surface area contributed by atoms with Gasteiger partial charge >= 0.3 is 6.18 Å². The van der Waals surface area contributed by atoms with Gasteiger partial charge in [-0.15, -0.1) is 11.3 Å². The van der Waals surface area contributed by atoms with Crippen LogP contribution in [0.25, 0.3) is 15.9 Å². The van der Waals surface area contributed by atoms with Gasteiger partial charge in [0.25, 0.3) is 5.91 Å². The Hall–Kier alpha value is -4.16. The Bertz CT molecular complexity index is 1720. The topological polar surface area (TPSA) is 85.4 Å². The van der Waals surface area contributed by atoms with E-state index >= 15 is 0 Å². The molecule has 44 heavy (non-hydrogen) atoms. The van der Waals surface area contributed by atoms with Crippen LogP contribution in [0.5, 0.6) is 0 Å². The largest absolute Gasteiger partial charge is 0.416 e. The summed E-state index contributed by atoms with van der Waals surface area (Å²) in [5, 5.41) is 11.3. The Morgan fingerprint density at radius 3 is 2.64 bits per heavy atom. The van der Waals surface area contributed by atoms with Gasteiger partial charge in [-0.05, 0) is 81.2 Å². The lowest BCUT2D eigenvalue weighted by Gasteiger charge is -2.25. The van der Waals surface area contributed by atoms with Crippen molar-refractivity contribution in [1.29, 1.82) is 0 Å². The fraction of sp³-hybridized carbons (Fsp3) is 0.344. The minimum atomic E-state index is -4.50. The van der Waals surface area contributed by atoms with E-state index in [0.717, 1.165) is 54.5 Å². The summed E-state index contributed by atoms with van der Waals surface area (Å²) in [5.74, 6) is 0.431. The summed E-state index contributed by atoms with van der Waals surface area (Å²) >= 11 is 1.42. The lowest BCUT2D eigenvalue weighted by atomic mass is 10.0. The number of anilines is 4. The summed E-state index contributed by atoms with van der Waals surface area (Å²) in [4.78, 5) is 26.3. The molecule has 12 heteroatoms. The zero-order valence-corrected chi connectivity index (χ0v) is 25.4. The van der Waals surface area contributed by atoms with Crippen LogP contribution in [0.15, 0.2) is 54.7 Å². The van der Waals surface area contributed by atoms with Crippen LogP contribution in [-0.4, -0.2) is 60.0 Å². The van der Waals surface area contributed by atoms with Gasteiger partial charge in [-0.1, -0.05) is 12.6 Å². The molecule has 1 aliphatic carbocycles. The molecule has 3 heterocycles. The molecule has 2 aromatic carbocycles. The number of carbonyl (C=O) groups excluding carboxylic acids is 1. The van der Waals surface area contributed by atoms with E-state index in [4.69, 9.17) is 0 Å². The van der Waals surface area contributed by atoms with Crippen LogP contribution in [0, 0.1) is 6.92 Å². The number of amides is 1. The summed E-state index contributed by atoms with van der Waals surface area (Å²) in [6.45, 7) is 8.93. The molecule has 0 spiro atoms. The van der Waals surface area contributed by atoms with Gasteiger partial charge in [-0.2, -0.15) is 13.2 Å². The summed E-state index contributed by atoms with van der Waals surface area (Å²) in [7, 11) is 2.02. The normalized spacial score (nSPS) is 16.1. The van der Waals surface area contributed by atoms with Crippen molar-refractivity contribution < 1.29 is 18.0 Å². The summed E-state index contributed by atoms with van der Waals surface area (Å²) in [6.07, 6.45) is 0.0334. The third-order valence-corrected chi connectivity index (χ3v) is 8.95. The van der Waals surface area contributed by atoms with E-state index in [1.807, 2.05) is 24.9 Å². The van der Waals surface area contributed by atoms with Gasteiger partial charge in [0.05, 0.1) is 21.3 Å². The first-order chi connectivity index (χ1) is 21.0. The van der Waals surface area contributed by atoms with Gasteiger partial charge < -0.3 is 25.8 Å². The lowest BCUT2D eigenvalue weighted by Crippen LogP contribution is -2.29. The molecule has 2 aliphatic rings. The van der Waals surface area contributed by atoms with E-state index < -0.39 is 11.7 Å². The number of alkyl halides is 3. The SMILES string of the molecule is C=C(Nc1ccc(C)c(NC(=O)c2csc3c(NC4CC4)ncnc23)c1)c1cc(N2CCCN(C)CC2)cc(C(F)(F)F)c1. The first kappa shape index (κ1) is 29.9. The van der Waals surface area contributed by atoms with E-state index in [2.05, 4.69) is 37.4 Å². The second kappa shape index (κ2) is 12.1. The maximum atomic E-state index is 13.9. The first-order valence-corrected chi connectivity index (χ1v) is 15.5. The third kappa shape index (κ3) is 6.66. The molecular formula is C32H34F3N7OS. The van der Waals surface area contributed by atoms with Gasteiger partial charge in [0.1, 0.15) is 12.1 Å². The molecule has 1 aliphatic heterocycles. The molecule has 0 atom stereocenters. The van der Waals surface area contributed by atoms with Crippen molar-refractivity contribution in [2.24, 2.45) is 0 Å². The number of rotatable bonds is 8. The molecule has 4 aromatic rings. The van der Waals surface area contributed by atoms with Crippen molar-refractivity contribution in [2.45, 2.75) is 38.4 Å². The Kier molecular flexibility index (Phi) is 8.21. The van der Waals surface area contributed by atoms with Crippen LogP contribution in [-0.2, 0) is 6.18 Å². The minimum Gasteiger partial charge on any atom is -0.370 e. The Morgan fingerprint density at radius 2 is 1.86 bits per heavy atom. The van der Waals surface area contributed by atoms with Crippen molar-refractivity contribution in [3.8, 4) is 0 Å². The zero-order valence-electron chi connectivity index (χ0n) is 24.6. The van der Waals surface area contributed by atoms with Crippen molar-refractivity contribution in [2.75, 3.05) is 54.1 Å². The Morgan fingerprint density at radius 1 is 1.05 bits per heavy atom. The molecule has 1 amide bonds. The maximum Gasteiger partial charge on any atom is 0.416 e. The van der Waals surface area contributed by atoms with Crippen molar-refractivity contribution in [3.63, 3.8) is 0 Å². The van der Waals surface area contributed by atoms with E-state index in [1.165, 1.54) is 23.7 Å². The van der Waals surface area contributed by atoms with E-state index in [-0.39, 0.29) is 5.91 Å². The van der Waals surface area contributed by atoms with Crippen LogP contribution in [0.1, 0.15) is 46.3 Å². The highest BCUT2D eigenvalue weighted by Crippen LogP contribution is 2.36. The predicted molar refractivity (Wildman–Crippen MR) is 172 cm³/mol. The van der Waals surface area contributed by atoms with Crippen LogP contribution < -0.4 is 20.9 Å². The number of thiophene rings is 1. The van der Waals surface area contributed by atoms with E-state index in [9.17, 15) is 18.0 Å². The number of nitrogens with one attached hydrogen (secondary N) is 3. The van der Waals surface area contributed by atoms with Crippen LogP contribution in [0.3, 0.4) is 0 Å². The second-order valence-electron chi connectivity index (χ2n) is 11.5. The fourth-order valence-electron chi connectivity index (χ4n) is 5.24. The molecule has 0 bridgehead atoms. The lowest BCUT2D eigenvalue weighted by molar-refractivity contribution is -0.137. The van der Waals surface area contributed by atoms with Crippen LogP contribution >= 0.6 is 11.3 Å². The monoisotopic (exact) mass is 621 g/mol. The number of hydrogen-bond donors (Lipinski definition) is 3. The van der Waals surface area contributed by atoms with Gasteiger partial charge in [0.2, 0.25) is 0 Å². The van der Waals surface area contributed by atoms with E-state index in [0.29, 0.717) is 58.5 Å². The fourth-order valence-corrected chi connectivity index (χ4v) is 6.19. The smallest absolute Gasteiger partial charge is 0.370 e. The molecular weight excluding hydrogens is 587 g/mol. The zero-order chi connectivity index (χ0) is 31.0. The number of hydrogen-bond acceptors (Lipinski definition) is 8. The minimum absolute atomic E-state index is 0.308. The van der Waals surface area contributed by atoms with Crippen molar-refractivity contribution in [1.82, 2.24) is 14.9 Å². The van der Waals surface area contributed by atoms with Crippen LogP contribution in [0.4, 0.5) is 36.1 Å². The van der Waals surface area contributed by atoms with E-state index in [1.54, 1.807) is 23.6 Å². The quantitative estimate of drug-likeness (QED) is 0.194. The van der Waals surface area contributed by atoms with Gasteiger partial charge in [-0.25, -0.2) is 9.97 Å². The highest BCUT2D eigenvalue weighted by Gasteiger charge is 2.32. The molecule has 2 aromatic heterocycles. The number of likely N-dealkylation sites (N-methyl/N-ethyl adjacent to an activating group) is 1. The molecule has 0 unspecified atom stereocenters. The number of aryl methyl sites for hydroxylation is 1. The molecule has 0 radical (unpaired) electrons. The molecule has 6 rings (SSSR count). The molecule has 3 N–H and O–H groups in total. The molecule has 2 fully saturated rings. The van der Waals surface area contributed by atoms with Crippen molar-refractivity contribution in [3.05, 3.63) is 76.9 Å². The number of carbonyl (C=O) groups is 1. The van der Waals surface area contributed by atoms with Gasteiger partial charge in [-0.3, -0.25) is 4.79 Å². The average molecular weight is 622 g/mol. The van der Waals surface area contributed by atoms with Crippen LogP contribution in [0.2, 0.25) is 0 Å². The average Bonchev–Trinajstić information content (AvgIpc) is 3.74. The predicted octanol–water partition coefficient (Wildman–Crippen LogP) is 7.07. The van der Waals surface area contributed by atoms with Gasteiger partial charge in [0, 0.05) is 53.8 Å². The Balaban J connectivity index is 1.22. The highest BCUT2D eigenvalue weighted by atomic mass is 32.1. The van der Waals surface area contributed by atoms with Crippen molar-refractivity contribution >= 4 is 56.0 Å². The number of benzene rings is 2. The highest BCUT2D eigenvalue weighted by molar-refractivity contribution is 7.18. The molecule has 1 saturated heterocycles. The number of fused-ring (bicyclic) bond motifs is 1. The number of aromatic nitrogens is 2. The second-order valence-corrected chi connectivity index (χ2v) is 12.3. The molecule has 8 nitrogen and oxygen atoms in total. The Labute approximate surface area is 258 Å². The molecule has 1 saturated carbocycles. The summed E-state index contributed by atoms with van der Waals surface area (Å²) < 4.78 is 42.6. The first-order valence-electron chi connectivity index (χ1n) is 14.6. The standard InChI is InChI=1S/C32H34F3N7OS/c1-19-5-6-24(16-27(19)40-31(43)26-17-44-29-28(26)36-18-37-30(29)39-23-7-8-23)38-20(2)21-13-22(32(33,34)35)15-25(14-21)42-10-4-9-41(3)11-12-42/h5-6,13-18,23,38H,2,4,7-12H2,1,3H3,(H,40,43)(H,36,37,39). The summed E-state index contributed by atoms with van der Waals surface area (Å²) in [5.41, 5.74) is 3.48. The third-order valence-electron chi connectivity index (χ3n) is 7.98. The summed E-state index contributed by atoms with van der Waals surface area (Å²) in [6, 6.07) is 9.89.